The van der Waals surface area contributed by atoms with Gasteiger partial charge in [-0.2, -0.15) is 0 Å². The van der Waals surface area contributed by atoms with Crippen LogP contribution in [0.2, 0.25) is 5.02 Å². The fourth-order valence-corrected chi connectivity index (χ4v) is 4.41. The minimum absolute atomic E-state index is 0.0136. The van der Waals surface area contributed by atoms with Crippen LogP contribution >= 0.6 is 11.6 Å². The molecule has 1 N–H and O–H groups in total. The Bertz CT molecular complexity index is 822. The van der Waals surface area contributed by atoms with E-state index in [4.69, 9.17) is 16.0 Å². The molecule has 0 amide bonds. The first-order valence-electron chi connectivity index (χ1n) is 8.94. The molecule has 1 aromatic heterocycles. The molecule has 2 saturated heterocycles. The standard InChI is InChI=1S/C19H23ClN2O3/c20-14-3-4-18-17(8-14)19(24)13(12-25-18)9-22-11-15-2-1-6-21(15)10-16(22)5-7-23/h3-4,8,12,15-16,23H,1-2,5-7,9-11H2/t15-,16-/m0/s1. The number of nitrogens with zero attached hydrogens (tertiary/aromatic N) is 2. The van der Waals surface area contributed by atoms with Crippen molar-refractivity contribution in [1.29, 1.82) is 0 Å². The van der Waals surface area contributed by atoms with E-state index >= 15 is 0 Å². The zero-order valence-corrected chi connectivity index (χ0v) is 14.9. The fourth-order valence-electron chi connectivity index (χ4n) is 4.24. The monoisotopic (exact) mass is 362 g/mol. The number of piperazine rings is 1. The van der Waals surface area contributed by atoms with Crippen LogP contribution in [-0.4, -0.2) is 53.2 Å². The lowest BCUT2D eigenvalue weighted by Gasteiger charge is -2.43. The number of rotatable bonds is 4. The zero-order valence-electron chi connectivity index (χ0n) is 14.2. The predicted octanol–water partition coefficient (Wildman–Crippen LogP) is 2.48. The van der Waals surface area contributed by atoms with E-state index in [1.54, 1.807) is 24.5 Å². The van der Waals surface area contributed by atoms with Crippen LogP contribution in [0.3, 0.4) is 0 Å². The van der Waals surface area contributed by atoms with Crippen molar-refractivity contribution < 1.29 is 9.52 Å². The highest BCUT2D eigenvalue weighted by Crippen LogP contribution is 2.27. The minimum atomic E-state index is -0.0136. The normalized spacial score (nSPS) is 24.7. The summed E-state index contributed by atoms with van der Waals surface area (Å²) in [5.41, 5.74) is 1.20. The molecule has 3 heterocycles. The average Bonchev–Trinajstić information content (AvgIpc) is 3.05. The lowest BCUT2D eigenvalue weighted by molar-refractivity contribution is 0.0329. The highest BCUT2D eigenvalue weighted by Gasteiger charge is 2.36. The maximum Gasteiger partial charge on any atom is 0.197 e. The molecule has 1 aromatic carbocycles. The van der Waals surface area contributed by atoms with Gasteiger partial charge in [0, 0.05) is 48.9 Å². The highest BCUT2D eigenvalue weighted by atomic mass is 35.5. The fraction of sp³-hybridized carbons (Fsp3) is 0.526. The third-order valence-corrected chi connectivity index (χ3v) is 5.78. The van der Waals surface area contributed by atoms with Crippen molar-refractivity contribution in [2.24, 2.45) is 0 Å². The van der Waals surface area contributed by atoms with Gasteiger partial charge in [-0.25, -0.2) is 0 Å². The van der Waals surface area contributed by atoms with Crippen LogP contribution in [0, 0.1) is 0 Å². The van der Waals surface area contributed by atoms with Gasteiger partial charge in [-0.3, -0.25) is 14.6 Å². The molecule has 0 bridgehead atoms. The van der Waals surface area contributed by atoms with Crippen LogP contribution in [0.1, 0.15) is 24.8 Å². The molecular weight excluding hydrogens is 340 g/mol. The van der Waals surface area contributed by atoms with Crippen LogP contribution in [0.4, 0.5) is 0 Å². The molecule has 0 spiro atoms. The van der Waals surface area contributed by atoms with Crippen molar-refractivity contribution in [1.82, 2.24) is 9.80 Å². The first-order chi connectivity index (χ1) is 12.2. The van der Waals surface area contributed by atoms with Crippen molar-refractivity contribution in [2.45, 2.75) is 37.9 Å². The van der Waals surface area contributed by atoms with Gasteiger partial charge in [0.15, 0.2) is 5.43 Å². The van der Waals surface area contributed by atoms with Crippen LogP contribution in [0.15, 0.2) is 33.7 Å². The predicted molar refractivity (Wildman–Crippen MR) is 98.0 cm³/mol. The molecule has 4 rings (SSSR count). The molecule has 5 nitrogen and oxygen atoms in total. The van der Waals surface area contributed by atoms with Gasteiger partial charge < -0.3 is 9.52 Å². The molecule has 2 aromatic rings. The van der Waals surface area contributed by atoms with Crippen molar-refractivity contribution >= 4 is 22.6 Å². The van der Waals surface area contributed by atoms with Crippen LogP contribution < -0.4 is 5.43 Å². The quantitative estimate of drug-likeness (QED) is 0.905. The Morgan fingerprint density at radius 2 is 2.20 bits per heavy atom. The number of hydrogen-bond donors (Lipinski definition) is 1. The second-order valence-electron chi connectivity index (χ2n) is 7.12. The van der Waals surface area contributed by atoms with E-state index in [0.29, 0.717) is 34.1 Å². The Kier molecular flexibility index (Phi) is 4.82. The van der Waals surface area contributed by atoms with E-state index < -0.39 is 0 Å². The van der Waals surface area contributed by atoms with Gasteiger partial charge in [0.1, 0.15) is 5.58 Å². The first-order valence-corrected chi connectivity index (χ1v) is 9.32. The van der Waals surface area contributed by atoms with Gasteiger partial charge in [0.25, 0.3) is 0 Å². The molecule has 0 aliphatic carbocycles. The van der Waals surface area contributed by atoms with Gasteiger partial charge >= 0.3 is 0 Å². The summed E-state index contributed by atoms with van der Waals surface area (Å²) in [6, 6.07) is 5.97. The van der Waals surface area contributed by atoms with E-state index in [9.17, 15) is 9.90 Å². The third-order valence-electron chi connectivity index (χ3n) is 5.55. The Balaban J connectivity index is 1.62. The molecular formula is C19H23ClN2O3. The minimum Gasteiger partial charge on any atom is -0.464 e. The Hall–Kier alpha value is -1.40. The first kappa shape index (κ1) is 17.0. The van der Waals surface area contributed by atoms with E-state index in [2.05, 4.69) is 9.80 Å². The Morgan fingerprint density at radius 3 is 3.04 bits per heavy atom. The van der Waals surface area contributed by atoms with Gasteiger partial charge in [-0.05, 0) is 44.0 Å². The number of aliphatic hydroxyl groups excluding tert-OH is 1. The van der Waals surface area contributed by atoms with Crippen LogP contribution in [0.5, 0.6) is 0 Å². The summed E-state index contributed by atoms with van der Waals surface area (Å²) in [6.45, 7) is 3.78. The van der Waals surface area contributed by atoms with E-state index in [-0.39, 0.29) is 18.1 Å². The third kappa shape index (κ3) is 3.34. The second kappa shape index (κ2) is 7.08. The summed E-state index contributed by atoms with van der Waals surface area (Å²) in [4.78, 5) is 17.7. The number of fused-ring (bicyclic) bond motifs is 2. The van der Waals surface area contributed by atoms with Gasteiger partial charge in [0.2, 0.25) is 0 Å². The molecule has 6 heteroatoms. The van der Waals surface area contributed by atoms with Crippen molar-refractivity contribution in [2.75, 3.05) is 26.2 Å². The second-order valence-corrected chi connectivity index (χ2v) is 7.55. The molecule has 134 valence electrons. The van der Waals surface area contributed by atoms with E-state index in [1.807, 2.05) is 0 Å². The van der Waals surface area contributed by atoms with Gasteiger partial charge in [-0.15, -0.1) is 0 Å². The summed E-state index contributed by atoms with van der Waals surface area (Å²) in [5, 5.41) is 10.5. The number of benzene rings is 1. The number of halogens is 1. The molecule has 2 aliphatic rings. The SMILES string of the molecule is O=c1c(CN2C[C@@H]3CCCN3C[C@@H]2CCO)coc2ccc(Cl)cc12. The zero-order chi connectivity index (χ0) is 17.4. The Labute approximate surface area is 151 Å². The average molecular weight is 363 g/mol. The topological polar surface area (TPSA) is 56.9 Å². The largest absolute Gasteiger partial charge is 0.464 e. The number of hydrogen-bond acceptors (Lipinski definition) is 5. The molecule has 0 radical (unpaired) electrons. The van der Waals surface area contributed by atoms with Crippen molar-refractivity contribution in [3.63, 3.8) is 0 Å². The molecule has 0 unspecified atom stereocenters. The van der Waals surface area contributed by atoms with Crippen molar-refractivity contribution in [3.05, 3.63) is 45.3 Å². The van der Waals surface area contributed by atoms with Crippen LogP contribution in [-0.2, 0) is 6.54 Å². The molecule has 2 fully saturated rings. The van der Waals surface area contributed by atoms with Crippen LogP contribution in [0.25, 0.3) is 11.0 Å². The molecule has 2 atom stereocenters. The van der Waals surface area contributed by atoms with Gasteiger partial charge in [0.05, 0.1) is 11.6 Å². The van der Waals surface area contributed by atoms with Gasteiger partial charge in [-0.1, -0.05) is 11.6 Å². The Morgan fingerprint density at radius 1 is 1.32 bits per heavy atom. The highest BCUT2D eigenvalue weighted by molar-refractivity contribution is 6.31. The lowest BCUT2D eigenvalue weighted by atomic mass is 10.0. The summed E-state index contributed by atoms with van der Waals surface area (Å²) in [5.74, 6) is 0. The summed E-state index contributed by atoms with van der Waals surface area (Å²) >= 11 is 6.04. The maximum absolute atomic E-state index is 12.8. The number of aliphatic hydroxyl groups is 1. The smallest absolute Gasteiger partial charge is 0.197 e. The molecule has 2 aliphatic heterocycles. The maximum atomic E-state index is 12.8. The van der Waals surface area contributed by atoms with E-state index in [1.165, 1.54) is 12.8 Å². The summed E-state index contributed by atoms with van der Waals surface area (Å²) < 4.78 is 5.66. The van der Waals surface area contributed by atoms with E-state index in [0.717, 1.165) is 26.1 Å². The van der Waals surface area contributed by atoms with Crippen molar-refractivity contribution in [3.8, 4) is 0 Å². The summed E-state index contributed by atoms with van der Waals surface area (Å²) in [6.07, 6.45) is 4.76. The molecule has 0 saturated carbocycles. The molecule has 25 heavy (non-hydrogen) atoms. The lowest BCUT2D eigenvalue weighted by Crippen LogP contribution is -2.56. The summed E-state index contributed by atoms with van der Waals surface area (Å²) in [7, 11) is 0.